The molecule has 0 fully saturated rings. The quantitative estimate of drug-likeness (QED) is 0.139. The van der Waals surface area contributed by atoms with E-state index in [2.05, 4.69) is 15.8 Å². The summed E-state index contributed by atoms with van der Waals surface area (Å²) in [5, 5.41) is 37.4. The van der Waals surface area contributed by atoms with Crippen LogP contribution in [0.5, 0.6) is 0 Å². The van der Waals surface area contributed by atoms with Crippen LogP contribution >= 0.6 is 0 Å². The van der Waals surface area contributed by atoms with E-state index in [0.29, 0.717) is 5.56 Å². The summed E-state index contributed by atoms with van der Waals surface area (Å²) in [5.41, 5.74) is 0.528. The van der Waals surface area contributed by atoms with Gasteiger partial charge in [-0.1, -0.05) is 82.2 Å². The second kappa shape index (κ2) is 14.2. The molecule has 3 atom stereocenters. The molecule has 0 aromatic heterocycles. The third-order valence-corrected chi connectivity index (χ3v) is 8.02. The number of hydrogen-bond donors (Lipinski definition) is 5. The fraction of sp³-hybridized carbons (Fsp3) is 0.464. The molecule has 0 aliphatic carbocycles. The number of carbonyl (C=O) groups excluding carboxylic acids is 1. The SMILES string of the molecule is CC(C)CN(C[C@@H](O)[C@H](Cc1ccccc1)NC(=O)[C@@H](NC(=O)O)C(C)(C)C)S(=O)(=O)c1ccc(/C=N/O)cc1. The van der Waals surface area contributed by atoms with Crippen LogP contribution in [0.25, 0.3) is 0 Å². The number of sulfonamides is 1. The van der Waals surface area contributed by atoms with Crippen LogP contribution in [0.1, 0.15) is 45.7 Å². The van der Waals surface area contributed by atoms with Crippen molar-refractivity contribution in [3.8, 4) is 0 Å². The third kappa shape index (κ3) is 9.61. The van der Waals surface area contributed by atoms with Crippen molar-refractivity contribution in [1.29, 1.82) is 0 Å². The minimum atomic E-state index is -4.05. The molecule has 0 spiro atoms. The van der Waals surface area contributed by atoms with Crippen molar-refractivity contribution in [2.24, 2.45) is 16.5 Å². The minimum absolute atomic E-state index is 0.00228. The van der Waals surface area contributed by atoms with Gasteiger partial charge in [0.2, 0.25) is 15.9 Å². The van der Waals surface area contributed by atoms with Crippen LogP contribution in [0.15, 0.2) is 64.6 Å². The lowest BCUT2D eigenvalue weighted by molar-refractivity contribution is -0.127. The van der Waals surface area contributed by atoms with Gasteiger partial charge in [0.25, 0.3) is 0 Å². The number of benzene rings is 2. The number of rotatable bonds is 13. The number of nitrogens with one attached hydrogen (secondary N) is 2. The molecule has 5 N–H and O–H groups in total. The van der Waals surface area contributed by atoms with E-state index in [1.807, 2.05) is 44.2 Å². The second-order valence-electron chi connectivity index (χ2n) is 11.2. The highest BCUT2D eigenvalue weighted by molar-refractivity contribution is 7.89. The van der Waals surface area contributed by atoms with Gasteiger partial charge in [-0.15, -0.1) is 0 Å². The number of hydrogen-bond acceptors (Lipinski definition) is 7. The molecule has 2 amide bonds. The fourth-order valence-corrected chi connectivity index (χ4v) is 5.79. The molecule has 2 aromatic rings. The molecule has 2 aromatic carbocycles. The molecule has 0 bridgehead atoms. The molecule has 0 aliphatic rings. The smallest absolute Gasteiger partial charge is 0.405 e. The Bertz CT molecular complexity index is 1240. The Kier molecular flexibility index (Phi) is 11.7. The Morgan fingerprint density at radius 2 is 1.60 bits per heavy atom. The zero-order chi connectivity index (χ0) is 30.1. The lowest BCUT2D eigenvalue weighted by Gasteiger charge is -2.34. The van der Waals surface area contributed by atoms with Crippen molar-refractivity contribution in [1.82, 2.24) is 14.9 Å². The van der Waals surface area contributed by atoms with Gasteiger partial charge >= 0.3 is 6.09 Å². The van der Waals surface area contributed by atoms with E-state index in [1.165, 1.54) is 34.8 Å². The molecule has 40 heavy (non-hydrogen) atoms. The maximum atomic E-state index is 13.6. The summed E-state index contributed by atoms with van der Waals surface area (Å²) in [7, 11) is -4.05. The first kappa shape index (κ1) is 32.7. The molecule has 2 rings (SSSR count). The highest BCUT2D eigenvalue weighted by Gasteiger charge is 2.36. The van der Waals surface area contributed by atoms with Crippen LogP contribution in [-0.4, -0.2) is 77.6 Å². The van der Waals surface area contributed by atoms with Crippen LogP contribution in [-0.2, 0) is 21.2 Å². The molecular weight excluding hydrogens is 536 g/mol. The molecule has 0 heterocycles. The van der Waals surface area contributed by atoms with Gasteiger partial charge < -0.3 is 26.1 Å². The standard InChI is InChI=1S/C28H40N4O7S/c1-19(2)17-32(40(38,39)22-13-11-21(12-14-22)16-29-37)18-24(33)23(15-20-9-7-6-8-10-20)30-26(34)25(28(3,4)5)31-27(35)36/h6-14,16,19,23-25,31,33,37H,15,17-18H2,1-5H3,(H,30,34)(H,35,36)/b29-16+/t23-,24+,25+/m0/s1. The lowest BCUT2D eigenvalue weighted by atomic mass is 9.85. The van der Waals surface area contributed by atoms with Gasteiger partial charge in [-0.3, -0.25) is 4.79 Å². The Balaban J connectivity index is 2.40. The van der Waals surface area contributed by atoms with Crippen LogP contribution < -0.4 is 10.6 Å². The summed E-state index contributed by atoms with van der Waals surface area (Å²) in [4.78, 5) is 24.7. The van der Waals surface area contributed by atoms with E-state index in [0.717, 1.165) is 5.56 Å². The summed E-state index contributed by atoms with van der Waals surface area (Å²) in [6.07, 6.45) is -1.33. The topological polar surface area (TPSA) is 169 Å². The number of carboxylic acid groups (broad SMARTS) is 1. The van der Waals surface area contributed by atoms with E-state index in [9.17, 15) is 28.2 Å². The Morgan fingerprint density at radius 3 is 2.10 bits per heavy atom. The number of oxime groups is 1. The number of nitrogens with zero attached hydrogens (tertiary/aromatic N) is 2. The van der Waals surface area contributed by atoms with Crippen molar-refractivity contribution in [2.75, 3.05) is 13.1 Å². The molecule has 0 saturated heterocycles. The first-order valence-corrected chi connectivity index (χ1v) is 14.4. The highest BCUT2D eigenvalue weighted by atomic mass is 32.2. The first-order chi connectivity index (χ1) is 18.6. The largest absolute Gasteiger partial charge is 0.465 e. The maximum Gasteiger partial charge on any atom is 0.405 e. The number of aliphatic hydroxyl groups excluding tert-OH is 1. The van der Waals surface area contributed by atoms with E-state index in [-0.39, 0.29) is 30.3 Å². The molecule has 11 nitrogen and oxygen atoms in total. The van der Waals surface area contributed by atoms with Crippen molar-refractivity contribution in [2.45, 2.75) is 64.1 Å². The highest BCUT2D eigenvalue weighted by Crippen LogP contribution is 2.22. The Morgan fingerprint density at radius 1 is 1.00 bits per heavy atom. The van der Waals surface area contributed by atoms with Gasteiger partial charge in [0.05, 0.1) is 23.3 Å². The van der Waals surface area contributed by atoms with Crippen molar-refractivity contribution in [3.05, 3.63) is 65.7 Å². The van der Waals surface area contributed by atoms with E-state index < -0.39 is 45.6 Å². The molecule has 220 valence electrons. The second-order valence-corrected chi connectivity index (χ2v) is 13.1. The van der Waals surface area contributed by atoms with Gasteiger partial charge in [-0.25, -0.2) is 13.2 Å². The van der Waals surface area contributed by atoms with Crippen molar-refractivity contribution < 1.29 is 33.4 Å². The zero-order valence-electron chi connectivity index (χ0n) is 23.5. The maximum absolute atomic E-state index is 13.6. The summed E-state index contributed by atoms with van der Waals surface area (Å²) < 4.78 is 28.4. The average Bonchev–Trinajstić information content (AvgIpc) is 2.86. The molecule has 0 saturated carbocycles. The van der Waals surface area contributed by atoms with Crippen LogP contribution in [0.3, 0.4) is 0 Å². The Labute approximate surface area is 236 Å². The van der Waals surface area contributed by atoms with Crippen LogP contribution in [0, 0.1) is 11.3 Å². The Hall–Kier alpha value is -3.48. The zero-order valence-corrected chi connectivity index (χ0v) is 24.3. The fourth-order valence-electron chi connectivity index (χ4n) is 4.17. The normalized spacial score (nSPS) is 14.7. The van der Waals surface area contributed by atoms with Gasteiger partial charge in [-0.05, 0) is 41.0 Å². The predicted octanol–water partition coefficient (Wildman–Crippen LogP) is 2.91. The third-order valence-electron chi connectivity index (χ3n) is 6.17. The number of aliphatic hydroxyl groups is 1. The van der Waals surface area contributed by atoms with Crippen molar-refractivity contribution in [3.63, 3.8) is 0 Å². The number of amides is 2. The van der Waals surface area contributed by atoms with Crippen LogP contribution in [0.2, 0.25) is 0 Å². The van der Waals surface area contributed by atoms with Crippen molar-refractivity contribution >= 4 is 28.2 Å². The summed E-state index contributed by atoms with van der Waals surface area (Å²) in [6, 6.07) is 12.8. The van der Waals surface area contributed by atoms with Gasteiger partial charge in [0.1, 0.15) is 6.04 Å². The van der Waals surface area contributed by atoms with Gasteiger partial charge in [-0.2, -0.15) is 4.31 Å². The van der Waals surface area contributed by atoms with E-state index in [1.54, 1.807) is 20.8 Å². The molecule has 0 radical (unpaired) electrons. The van der Waals surface area contributed by atoms with Crippen LogP contribution in [0.4, 0.5) is 4.79 Å². The predicted molar refractivity (Wildman–Crippen MR) is 152 cm³/mol. The summed E-state index contributed by atoms with van der Waals surface area (Å²) >= 11 is 0. The first-order valence-electron chi connectivity index (χ1n) is 12.9. The summed E-state index contributed by atoms with van der Waals surface area (Å²) in [5.74, 6) is -0.704. The molecule has 0 unspecified atom stereocenters. The summed E-state index contributed by atoms with van der Waals surface area (Å²) in [6.45, 7) is 8.63. The molecule has 0 aliphatic heterocycles. The molecule has 12 heteroatoms. The number of carbonyl (C=O) groups is 2. The monoisotopic (exact) mass is 576 g/mol. The van der Waals surface area contributed by atoms with Gasteiger partial charge in [0, 0.05) is 13.1 Å². The van der Waals surface area contributed by atoms with E-state index >= 15 is 0 Å². The van der Waals surface area contributed by atoms with E-state index in [4.69, 9.17) is 5.21 Å². The van der Waals surface area contributed by atoms with Gasteiger partial charge in [0.15, 0.2) is 0 Å². The molecular formula is C28H40N4O7S. The minimum Gasteiger partial charge on any atom is -0.465 e. The average molecular weight is 577 g/mol. The lowest BCUT2D eigenvalue weighted by Crippen LogP contribution is -2.58.